The minimum atomic E-state index is -0.584. The normalized spacial score (nSPS) is 29.0. The molecule has 5 aliphatic carbocycles. The summed E-state index contributed by atoms with van der Waals surface area (Å²) < 4.78 is 55.7. The second-order valence-electron chi connectivity index (χ2n) is 32.0. The van der Waals surface area contributed by atoms with Crippen LogP contribution < -0.4 is 0 Å². The Morgan fingerprint density at radius 2 is 0.888 bits per heavy atom. The quantitative estimate of drug-likeness (QED) is 0.0259. The third-order valence-electron chi connectivity index (χ3n) is 22.1. The van der Waals surface area contributed by atoms with E-state index in [1.807, 2.05) is 0 Å². The van der Waals surface area contributed by atoms with Gasteiger partial charge >= 0.3 is 35.8 Å². The van der Waals surface area contributed by atoms with Crippen LogP contribution in [0.25, 0.3) is 0 Å². The predicted octanol–water partition coefficient (Wildman–Crippen LogP) is 16.7. The first-order valence-electron chi connectivity index (χ1n) is 38.2. The van der Waals surface area contributed by atoms with Crippen LogP contribution in [0.1, 0.15) is 279 Å². The van der Waals surface area contributed by atoms with Crippen LogP contribution in [0, 0.1) is 105 Å². The van der Waals surface area contributed by atoms with Crippen LogP contribution in [0.3, 0.4) is 0 Å². The molecule has 2 N–H and O–H groups in total. The van der Waals surface area contributed by atoms with E-state index in [0.29, 0.717) is 78.3 Å². The van der Waals surface area contributed by atoms with Gasteiger partial charge in [-0.1, -0.05) is 182 Å². The number of aliphatic hydroxyl groups is 2. The summed E-state index contributed by atoms with van der Waals surface area (Å²) in [6.45, 7) is 41.4. The largest absolute Gasteiger partial charge is 0.462 e. The van der Waals surface area contributed by atoms with E-state index in [0.717, 1.165) is 102 Å². The number of rotatable bonds is 35. The molecule has 19 heteroatoms. The van der Waals surface area contributed by atoms with Crippen molar-refractivity contribution in [2.75, 3.05) is 68.5 Å². The zero-order chi connectivity index (χ0) is 74.3. The van der Waals surface area contributed by atoms with Crippen molar-refractivity contribution < 1.29 is 91.1 Å². The SMILES string of the molecule is CCC1CC(CC)C(C(=O)OCOCC(C)(C)C)C1C.CCC1CC(CC)C(C(CC(=O)OCOC)OC(C)=O)C1.CCC1CC(CC)C(C(O)CC(=O)OCOC)C1.CCC1CC(CC)C(C)(C(=O)OCOCC(C)(C)C)C1.CCC1CC(CC)C(CC(O)CC(=O)OCOC)C1. The molecule has 0 saturated heterocycles. The van der Waals surface area contributed by atoms with Crippen LogP contribution in [0.5, 0.6) is 0 Å². The fraction of sp³-hybridized carbons (Fsp3) is 0.924. The highest BCUT2D eigenvalue weighted by Crippen LogP contribution is 2.51. The number of ether oxygens (including phenoxy) is 11. The number of carbonyl (C=O) groups is 6. The van der Waals surface area contributed by atoms with Crippen molar-refractivity contribution in [3.8, 4) is 0 Å². The summed E-state index contributed by atoms with van der Waals surface area (Å²) in [4.78, 5) is 70.7. The highest BCUT2D eigenvalue weighted by molar-refractivity contribution is 5.77. The molecular weight excluding hydrogens is 1250 g/mol. The van der Waals surface area contributed by atoms with E-state index in [4.69, 9.17) is 42.6 Å². The molecule has 576 valence electrons. The topological polar surface area (TPSA) is 244 Å². The van der Waals surface area contributed by atoms with Crippen LogP contribution in [0.15, 0.2) is 0 Å². The Bertz CT molecular complexity index is 2180. The van der Waals surface area contributed by atoms with Crippen molar-refractivity contribution in [3.05, 3.63) is 0 Å². The van der Waals surface area contributed by atoms with Crippen LogP contribution >= 0.6 is 0 Å². The fourth-order valence-corrected chi connectivity index (χ4v) is 16.4. The maximum Gasteiger partial charge on any atom is 0.314 e. The zero-order valence-electron chi connectivity index (χ0n) is 65.9. The van der Waals surface area contributed by atoms with Gasteiger partial charge in [0.15, 0.2) is 34.0 Å². The predicted molar refractivity (Wildman–Crippen MR) is 383 cm³/mol. The standard InChI is InChI=1S/2C17H32O3.C16H28O5.C15H28O4.C14H26O4/c1-7-13-9-14(8-2)17(6,10-13)15(18)20-12-19-11-16(3,4)5;1-7-13-9-14(8-2)15(12(13)3)16(18)20-11-19-10-17(4,5)6;1-5-12-7-13(6-2)14(8-12)15(21-11(3)17)9-16(18)20-10-19-4;1-4-11-6-12(5-2)13(7-11)8-14(16)9-15(17)19-10-18-3;1-4-10-6-11(5-2)12(7-10)13(15)8-14(16)18-9-17-3/h13-14H,7-12H2,1-6H3;12-15H,7-11H2,1-6H3;12-15H,5-10H2,1-4H3;11-14,16H,4-10H2,1-3H3;10-13,15H,4-9H2,1-3H3. The summed E-state index contributed by atoms with van der Waals surface area (Å²) in [5, 5.41) is 20.2. The molecule has 0 amide bonds. The van der Waals surface area contributed by atoms with E-state index in [-0.39, 0.29) is 129 Å². The van der Waals surface area contributed by atoms with Gasteiger partial charge in [-0.25, -0.2) is 0 Å². The molecule has 0 aromatic rings. The zero-order valence-corrected chi connectivity index (χ0v) is 65.9. The van der Waals surface area contributed by atoms with Gasteiger partial charge in [0.05, 0.1) is 56.0 Å². The molecule has 0 spiro atoms. The molecule has 0 aromatic carbocycles. The van der Waals surface area contributed by atoms with E-state index in [2.05, 4.69) is 134 Å². The minimum absolute atomic E-state index is 0.0367. The maximum absolute atomic E-state index is 12.4. The van der Waals surface area contributed by atoms with Crippen LogP contribution in [-0.2, 0) is 80.9 Å². The lowest BCUT2D eigenvalue weighted by atomic mass is 9.78. The third-order valence-corrected chi connectivity index (χ3v) is 22.1. The summed E-state index contributed by atoms with van der Waals surface area (Å²) in [6.07, 6.45) is 20.8. The molecule has 19 nitrogen and oxygen atoms in total. The highest BCUT2D eigenvalue weighted by Gasteiger charge is 2.49. The van der Waals surface area contributed by atoms with Crippen molar-refractivity contribution in [2.45, 2.75) is 298 Å². The first kappa shape index (κ1) is 92.6. The van der Waals surface area contributed by atoms with E-state index in [9.17, 15) is 39.0 Å². The molecule has 0 radical (unpaired) electrons. The molecule has 5 rings (SSSR count). The minimum Gasteiger partial charge on any atom is -0.462 e. The fourth-order valence-electron chi connectivity index (χ4n) is 16.4. The Morgan fingerprint density at radius 3 is 1.34 bits per heavy atom. The van der Waals surface area contributed by atoms with E-state index in [1.54, 1.807) is 0 Å². The lowest BCUT2D eigenvalue weighted by Gasteiger charge is -2.28. The van der Waals surface area contributed by atoms with Gasteiger partial charge in [-0.15, -0.1) is 0 Å². The monoisotopic (exact) mass is 1400 g/mol. The number of aliphatic hydroxyl groups excluding tert-OH is 2. The molecule has 19 atom stereocenters. The van der Waals surface area contributed by atoms with Crippen LogP contribution in [-0.4, -0.2) is 133 Å². The van der Waals surface area contributed by atoms with Crippen molar-refractivity contribution in [1.29, 1.82) is 0 Å². The number of methoxy groups -OCH3 is 3. The molecule has 0 aromatic heterocycles. The Kier molecular flexibility index (Phi) is 46.5. The number of hydrogen-bond donors (Lipinski definition) is 2. The lowest BCUT2D eigenvalue weighted by Crippen LogP contribution is -2.34. The lowest BCUT2D eigenvalue weighted by molar-refractivity contribution is -0.172. The Morgan fingerprint density at radius 1 is 0.459 bits per heavy atom. The van der Waals surface area contributed by atoms with E-state index < -0.39 is 12.2 Å². The average Bonchev–Trinajstić information content (AvgIpc) is 1.65. The van der Waals surface area contributed by atoms with Gasteiger partial charge in [0.25, 0.3) is 0 Å². The molecule has 98 heavy (non-hydrogen) atoms. The summed E-state index contributed by atoms with van der Waals surface area (Å²) in [5.74, 6) is 6.08. The van der Waals surface area contributed by atoms with Gasteiger partial charge in [0.1, 0.15) is 6.10 Å². The smallest absolute Gasteiger partial charge is 0.314 e. The third kappa shape index (κ3) is 34.7. The number of carbonyl (C=O) groups excluding carboxylic acids is 6. The maximum atomic E-state index is 12.4. The summed E-state index contributed by atoms with van der Waals surface area (Å²) in [7, 11) is 4.41. The molecule has 19 unspecified atom stereocenters. The molecule has 5 aliphatic rings. The van der Waals surface area contributed by atoms with Gasteiger partial charge in [-0.3, -0.25) is 28.8 Å². The van der Waals surface area contributed by atoms with Crippen molar-refractivity contribution in [3.63, 3.8) is 0 Å². The van der Waals surface area contributed by atoms with Crippen molar-refractivity contribution >= 4 is 35.8 Å². The van der Waals surface area contributed by atoms with Crippen LogP contribution in [0.2, 0.25) is 0 Å². The second-order valence-corrected chi connectivity index (χ2v) is 32.0. The summed E-state index contributed by atoms with van der Waals surface area (Å²) in [6, 6.07) is 0. The van der Waals surface area contributed by atoms with E-state index >= 15 is 0 Å². The molecular formula is C79H146O19. The molecule has 0 aliphatic heterocycles. The second kappa shape index (κ2) is 49.2. The number of esters is 6. The molecule has 5 saturated carbocycles. The van der Waals surface area contributed by atoms with Gasteiger partial charge in [0.2, 0.25) is 0 Å². The van der Waals surface area contributed by atoms with Gasteiger partial charge in [0, 0.05) is 28.3 Å². The van der Waals surface area contributed by atoms with Crippen LogP contribution in [0.4, 0.5) is 0 Å². The highest BCUT2D eigenvalue weighted by atomic mass is 16.7. The molecule has 0 bridgehead atoms. The van der Waals surface area contributed by atoms with Gasteiger partial charge in [-0.2, -0.15) is 0 Å². The Hall–Kier alpha value is -3.46. The molecule has 0 heterocycles. The van der Waals surface area contributed by atoms with Crippen molar-refractivity contribution in [1.82, 2.24) is 0 Å². The van der Waals surface area contributed by atoms with Gasteiger partial charge < -0.3 is 62.3 Å². The first-order chi connectivity index (χ1) is 46.3. The van der Waals surface area contributed by atoms with Gasteiger partial charge in [-0.05, 0) is 165 Å². The van der Waals surface area contributed by atoms with Crippen molar-refractivity contribution in [2.24, 2.45) is 105 Å². The van der Waals surface area contributed by atoms with E-state index in [1.165, 1.54) is 60.4 Å². The summed E-state index contributed by atoms with van der Waals surface area (Å²) >= 11 is 0. The Labute approximate surface area is 595 Å². The summed E-state index contributed by atoms with van der Waals surface area (Å²) in [5.41, 5.74) is -0.115. The Balaban J connectivity index is 0.000000613. The average molecular weight is 1400 g/mol. The molecule has 5 fully saturated rings. The first-order valence-corrected chi connectivity index (χ1v) is 38.2. The number of hydrogen-bond acceptors (Lipinski definition) is 19.